The highest BCUT2D eigenvalue weighted by molar-refractivity contribution is 5.30. The Kier molecular flexibility index (Phi) is 4.69. The first-order valence-electron chi connectivity index (χ1n) is 7.44. The van der Waals surface area contributed by atoms with Crippen molar-refractivity contribution in [2.45, 2.75) is 12.8 Å². The fraction of sp³-hybridized carbons (Fsp3) is 0.353. The Morgan fingerprint density at radius 3 is 2.48 bits per heavy atom. The standard InChI is InChI=1S/C17H20N2O2/c1-2-6-15(7-3-1)21-16-8-9-17(18-14-16)20-13-12-19-10-4-5-11-19/h1-3,6-9,14H,4-5,10-13H2. The van der Waals surface area contributed by atoms with E-state index in [9.17, 15) is 0 Å². The summed E-state index contributed by atoms with van der Waals surface area (Å²) in [6.45, 7) is 4.05. The maximum Gasteiger partial charge on any atom is 0.213 e. The number of rotatable bonds is 6. The van der Waals surface area contributed by atoms with E-state index >= 15 is 0 Å². The summed E-state index contributed by atoms with van der Waals surface area (Å²) in [5, 5.41) is 0. The van der Waals surface area contributed by atoms with Crippen LogP contribution in [-0.4, -0.2) is 36.1 Å². The Morgan fingerprint density at radius 2 is 1.76 bits per heavy atom. The van der Waals surface area contributed by atoms with Gasteiger partial charge in [0.25, 0.3) is 0 Å². The predicted octanol–water partition coefficient (Wildman–Crippen LogP) is 3.35. The number of hydrogen-bond donors (Lipinski definition) is 0. The van der Waals surface area contributed by atoms with E-state index in [1.165, 1.54) is 25.9 Å². The molecule has 0 atom stereocenters. The Labute approximate surface area is 125 Å². The number of pyridine rings is 1. The molecular weight excluding hydrogens is 264 g/mol. The van der Waals surface area contributed by atoms with Gasteiger partial charge in [-0.15, -0.1) is 0 Å². The van der Waals surface area contributed by atoms with Crippen LogP contribution in [0.15, 0.2) is 48.7 Å². The van der Waals surface area contributed by atoms with Crippen molar-refractivity contribution in [3.8, 4) is 17.4 Å². The van der Waals surface area contributed by atoms with Gasteiger partial charge in [0.05, 0.1) is 6.20 Å². The number of aromatic nitrogens is 1. The molecule has 1 saturated heterocycles. The highest BCUT2D eigenvalue weighted by Gasteiger charge is 2.10. The SMILES string of the molecule is c1ccc(Oc2ccc(OCCN3CCCC3)nc2)cc1. The van der Waals surface area contributed by atoms with E-state index in [2.05, 4.69) is 9.88 Å². The quantitative estimate of drug-likeness (QED) is 0.815. The molecule has 0 bridgehead atoms. The topological polar surface area (TPSA) is 34.6 Å². The molecule has 4 heteroatoms. The molecule has 0 N–H and O–H groups in total. The molecule has 0 unspecified atom stereocenters. The van der Waals surface area contributed by atoms with E-state index in [1.54, 1.807) is 6.20 Å². The van der Waals surface area contributed by atoms with E-state index in [0.29, 0.717) is 18.2 Å². The number of ether oxygens (including phenoxy) is 2. The van der Waals surface area contributed by atoms with E-state index in [4.69, 9.17) is 9.47 Å². The average Bonchev–Trinajstić information content (AvgIpc) is 3.03. The third kappa shape index (κ3) is 4.20. The van der Waals surface area contributed by atoms with Crippen LogP contribution >= 0.6 is 0 Å². The zero-order valence-corrected chi connectivity index (χ0v) is 12.1. The summed E-state index contributed by atoms with van der Waals surface area (Å²) < 4.78 is 11.4. The Morgan fingerprint density at radius 1 is 0.952 bits per heavy atom. The summed E-state index contributed by atoms with van der Waals surface area (Å²) in [6, 6.07) is 13.4. The van der Waals surface area contributed by atoms with E-state index < -0.39 is 0 Å². The second-order valence-electron chi connectivity index (χ2n) is 5.14. The average molecular weight is 284 g/mol. The lowest BCUT2D eigenvalue weighted by atomic mass is 10.3. The molecule has 1 aromatic carbocycles. The van der Waals surface area contributed by atoms with Gasteiger partial charge < -0.3 is 9.47 Å². The fourth-order valence-electron chi connectivity index (χ4n) is 2.42. The summed E-state index contributed by atoms with van der Waals surface area (Å²) >= 11 is 0. The first-order chi connectivity index (χ1) is 10.4. The van der Waals surface area contributed by atoms with Gasteiger partial charge in [-0.1, -0.05) is 18.2 Å². The predicted molar refractivity (Wildman–Crippen MR) is 81.9 cm³/mol. The van der Waals surface area contributed by atoms with Gasteiger partial charge in [-0.05, 0) is 44.1 Å². The number of nitrogens with zero attached hydrogens (tertiary/aromatic N) is 2. The molecule has 21 heavy (non-hydrogen) atoms. The molecule has 1 aromatic heterocycles. The van der Waals surface area contributed by atoms with Crippen LogP contribution in [0.4, 0.5) is 0 Å². The van der Waals surface area contributed by atoms with Crippen molar-refractivity contribution in [3.05, 3.63) is 48.7 Å². The molecule has 2 aromatic rings. The molecule has 1 aliphatic rings. The van der Waals surface area contributed by atoms with Crippen molar-refractivity contribution >= 4 is 0 Å². The van der Waals surface area contributed by atoms with Gasteiger partial charge in [0, 0.05) is 12.6 Å². The molecule has 0 radical (unpaired) electrons. The van der Waals surface area contributed by atoms with E-state index in [0.717, 1.165) is 12.3 Å². The molecule has 3 rings (SSSR count). The molecule has 0 amide bonds. The molecule has 1 fully saturated rings. The normalized spacial score (nSPS) is 15.0. The number of benzene rings is 1. The minimum absolute atomic E-state index is 0.648. The molecule has 4 nitrogen and oxygen atoms in total. The lowest BCUT2D eigenvalue weighted by Crippen LogP contribution is -2.25. The van der Waals surface area contributed by atoms with Crippen molar-refractivity contribution < 1.29 is 9.47 Å². The second kappa shape index (κ2) is 7.09. The van der Waals surface area contributed by atoms with Crippen LogP contribution in [0.1, 0.15) is 12.8 Å². The van der Waals surface area contributed by atoms with Crippen LogP contribution in [-0.2, 0) is 0 Å². The highest BCUT2D eigenvalue weighted by Crippen LogP contribution is 2.21. The molecule has 0 spiro atoms. The summed E-state index contributed by atoms with van der Waals surface area (Å²) in [4.78, 5) is 6.70. The van der Waals surface area contributed by atoms with Gasteiger partial charge in [0.2, 0.25) is 5.88 Å². The maximum atomic E-state index is 5.69. The Balaban J connectivity index is 1.47. The first kappa shape index (κ1) is 13.9. The third-order valence-electron chi connectivity index (χ3n) is 3.54. The lowest BCUT2D eigenvalue weighted by molar-refractivity contribution is 0.231. The zero-order valence-electron chi connectivity index (χ0n) is 12.1. The van der Waals surface area contributed by atoms with Crippen LogP contribution in [0.5, 0.6) is 17.4 Å². The van der Waals surface area contributed by atoms with Gasteiger partial charge in [-0.25, -0.2) is 4.98 Å². The number of hydrogen-bond acceptors (Lipinski definition) is 4. The minimum Gasteiger partial charge on any atom is -0.476 e. The van der Waals surface area contributed by atoms with E-state index in [1.807, 2.05) is 42.5 Å². The summed E-state index contributed by atoms with van der Waals surface area (Å²) in [7, 11) is 0. The molecule has 2 heterocycles. The van der Waals surface area contributed by atoms with Crippen LogP contribution in [0.2, 0.25) is 0 Å². The summed E-state index contributed by atoms with van der Waals surface area (Å²) in [5.74, 6) is 2.17. The Hall–Kier alpha value is -2.07. The monoisotopic (exact) mass is 284 g/mol. The van der Waals surface area contributed by atoms with Crippen molar-refractivity contribution in [1.29, 1.82) is 0 Å². The zero-order chi connectivity index (χ0) is 14.3. The molecule has 0 saturated carbocycles. The van der Waals surface area contributed by atoms with Gasteiger partial charge in [0.1, 0.15) is 18.1 Å². The molecule has 110 valence electrons. The van der Waals surface area contributed by atoms with Crippen molar-refractivity contribution in [2.75, 3.05) is 26.2 Å². The summed E-state index contributed by atoms with van der Waals surface area (Å²) in [5.41, 5.74) is 0. The third-order valence-corrected chi connectivity index (χ3v) is 3.54. The van der Waals surface area contributed by atoms with Gasteiger partial charge >= 0.3 is 0 Å². The Bertz CT molecular complexity index is 536. The second-order valence-corrected chi connectivity index (χ2v) is 5.14. The minimum atomic E-state index is 0.648. The molecular formula is C17H20N2O2. The lowest BCUT2D eigenvalue weighted by Gasteiger charge is -2.14. The van der Waals surface area contributed by atoms with Crippen molar-refractivity contribution in [2.24, 2.45) is 0 Å². The smallest absolute Gasteiger partial charge is 0.213 e. The fourth-order valence-corrected chi connectivity index (χ4v) is 2.42. The highest BCUT2D eigenvalue weighted by atomic mass is 16.5. The van der Waals surface area contributed by atoms with E-state index in [-0.39, 0.29) is 0 Å². The molecule has 0 aliphatic carbocycles. The summed E-state index contributed by atoms with van der Waals surface area (Å²) in [6.07, 6.45) is 4.31. The van der Waals surface area contributed by atoms with Crippen LogP contribution in [0.25, 0.3) is 0 Å². The van der Waals surface area contributed by atoms with Gasteiger partial charge in [-0.3, -0.25) is 4.90 Å². The van der Waals surface area contributed by atoms with Gasteiger partial charge in [0.15, 0.2) is 0 Å². The van der Waals surface area contributed by atoms with Crippen molar-refractivity contribution in [3.63, 3.8) is 0 Å². The molecule has 1 aliphatic heterocycles. The largest absolute Gasteiger partial charge is 0.476 e. The van der Waals surface area contributed by atoms with Crippen LogP contribution < -0.4 is 9.47 Å². The van der Waals surface area contributed by atoms with Crippen LogP contribution in [0, 0.1) is 0 Å². The maximum absolute atomic E-state index is 5.69. The first-order valence-corrected chi connectivity index (χ1v) is 7.44. The number of para-hydroxylation sites is 1. The van der Waals surface area contributed by atoms with Crippen molar-refractivity contribution in [1.82, 2.24) is 9.88 Å². The number of likely N-dealkylation sites (tertiary alicyclic amines) is 1. The van der Waals surface area contributed by atoms with Gasteiger partial charge in [-0.2, -0.15) is 0 Å². The van der Waals surface area contributed by atoms with Crippen LogP contribution in [0.3, 0.4) is 0 Å².